The van der Waals surface area contributed by atoms with Crippen LogP contribution in [0, 0.1) is 12.8 Å². The highest BCUT2D eigenvalue weighted by atomic mass is 127. The first-order valence-corrected chi connectivity index (χ1v) is 10.6. The van der Waals surface area contributed by atoms with Gasteiger partial charge in [-0.3, -0.25) is 4.99 Å². The standard InChI is InChI=1S/C24H34N4O.HI/c1-18(2)29-23-14-19(3)10-11-21(23)16-27-24(25-4)26-15-20-12-13-28(17-20)22-8-6-5-7-9-22;/h5-11,14,18,20H,12-13,15-17H2,1-4H3,(H2,25,26,27);1H. The van der Waals surface area contributed by atoms with Crippen molar-refractivity contribution in [3.63, 3.8) is 0 Å². The maximum atomic E-state index is 5.98. The maximum absolute atomic E-state index is 5.98. The average molecular weight is 522 g/mol. The molecule has 2 aromatic carbocycles. The lowest BCUT2D eigenvalue weighted by Crippen LogP contribution is -2.40. The van der Waals surface area contributed by atoms with E-state index in [0.29, 0.717) is 12.5 Å². The summed E-state index contributed by atoms with van der Waals surface area (Å²) in [6.45, 7) is 10.0. The van der Waals surface area contributed by atoms with E-state index in [1.165, 1.54) is 17.7 Å². The van der Waals surface area contributed by atoms with Gasteiger partial charge in [0.1, 0.15) is 5.75 Å². The summed E-state index contributed by atoms with van der Waals surface area (Å²) in [7, 11) is 1.82. The van der Waals surface area contributed by atoms with Crippen LogP contribution in [0.5, 0.6) is 5.75 Å². The zero-order valence-corrected chi connectivity index (χ0v) is 20.9. The van der Waals surface area contributed by atoms with Crippen LogP contribution in [-0.2, 0) is 6.54 Å². The third-order valence-electron chi connectivity index (χ3n) is 5.22. The number of aryl methyl sites for hydroxylation is 1. The van der Waals surface area contributed by atoms with Crippen LogP contribution in [0.15, 0.2) is 53.5 Å². The van der Waals surface area contributed by atoms with Gasteiger partial charge in [0, 0.05) is 44.5 Å². The van der Waals surface area contributed by atoms with Gasteiger partial charge in [-0.2, -0.15) is 0 Å². The van der Waals surface area contributed by atoms with Crippen LogP contribution in [0.3, 0.4) is 0 Å². The van der Waals surface area contributed by atoms with Crippen molar-refractivity contribution in [1.29, 1.82) is 0 Å². The van der Waals surface area contributed by atoms with Gasteiger partial charge in [0.25, 0.3) is 0 Å². The number of nitrogens with zero attached hydrogens (tertiary/aromatic N) is 2. The summed E-state index contributed by atoms with van der Waals surface area (Å²) >= 11 is 0. The quantitative estimate of drug-likeness (QED) is 0.317. The summed E-state index contributed by atoms with van der Waals surface area (Å²) in [4.78, 5) is 6.85. The highest BCUT2D eigenvalue weighted by Crippen LogP contribution is 2.23. The first-order chi connectivity index (χ1) is 14.0. The monoisotopic (exact) mass is 522 g/mol. The molecule has 0 aromatic heterocycles. The Morgan fingerprint density at radius 1 is 1.17 bits per heavy atom. The zero-order valence-electron chi connectivity index (χ0n) is 18.5. The number of guanidine groups is 1. The van der Waals surface area contributed by atoms with Gasteiger partial charge < -0.3 is 20.3 Å². The molecule has 1 saturated heterocycles. The minimum atomic E-state index is 0. The Kier molecular flexibility index (Phi) is 9.75. The number of nitrogens with one attached hydrogen (secondary N) is 2. The van der Waals surface area contributed by atoms with E-state index in [1.54, 1.807) is 0 Å². The molecule has 0 saturated carbocycles. The summed E-state index contributed by atoms with van der Waals surface area (Å²) in [6.07, 6.45) is 1.35. The zero-order chi connectivity index (χ0) is 20.6. The summed E-state index contributed by atoms with van der Waals surface area (Å²) in [5.41, 5.74) is 3.66. The molecule has 0 aliphatic carbocycles. The lowest BCUT2D eigenvalue weighted by atomic mass is 10.1. The van der Waals surface area contributed by atoms with Gasteiger partial charge in [0.2, 0.25) is 0 Å². The maximum Gasteiger partial charge on any atom is 0.191 e. The van der Waals surface area contributed by atoms with Crippen molar-refractivity contribution < 1.29 is 4.74 Å². The van der Waals surface area contributed by atoms with E-state index < -0.39 is 0 Å². The van der Waals surface area contributed by atoms with E-state index in [0.717, 1.165) is 36.9 Å². The molecule has 1 atom stereocenters. The van der Waals surface area contributed by atoms with Crippen LogP contribution in [0.1, 0.15) is 31.4 Å². The first-order valence-electron chi connectivity index (χ1n) is 10.6. The Morgan fingerprint density at radius 3 is 2.63 bits per heavy atom. The number of hydrogen-bond donors (Lipinski definition) is 2. The number of anilines is 1. The molecule has 2 aromatic rings. The Morgan fingerprint density at radius 2 is 1.93 bits per heavy atom. The fraction of sp³-hybridized carbons (Fsp3) is 0.458. The van der Waals surface area contributed by atoms with E-state index in [2.05, 4.69) is 89.8 Å². The minimum absolute atomic E-state index is 0. The lowest BCUT2D eigenvalue weighted by Gasteiger charge is -2.20. The Bertz CT molecular complexity index is 810. The van der Waals surface area contributed by atoms with Crippen LogP contribution in [0.25, 0.3) is 0 Å². The van der Waals surface area contributed by atoms with Crippen molar-refractivity contribution in [3.05, 3.63) is 59.7 Å². The molecule has 164 valence electrons. The second-order valence-electron chi connectivity index (χ2n) is 8.02. The fourth-order valence-electron chi connectivity index (χ4n) is 3.68. The van der Waals surface area contributed by atoms with Crippen molar-refractivity contribution >= 4 is 35.6 Å². The number of para-hydroxylation sites is 1. The van der Waals surface area contributed by atoms with Crippen molar-refractivity contribution in [2.75, 3.05) is 31.6 Å². The molecule has 30 heavy (non-hydrogen) atoms. The molecule has 0 amide bonds. The highest BCUT2D eigenvalue weighted by Gasteiger charge is 2.22. The number of ether oxygens (including phenoxy) is 1. The first kappa shape index (κ1) is 24.3. The number of aliphatic imine (C=N–C) groups is 1. The molecule has 1 heterocycles. The van der Waals surface area contributed by atoms with Gasteiger partial charge in [-0.05, 0) is 56.9 Å². The smallest absolute Gasteiger partial charge is 0.191 e. The predicted molar refractivity (Wildman–Crippen MR) is 137 cm³/mol. The van der Waals surface area contributed by atoms with Crippen LogP contribution < -0.4 is 20.3 Å². The van der Waals surface area contributed by atoms with Crippen molar-refractivity contribution in [2.45, 2.75) is 39.8 Å². The van der Waals surface area contributed by atoms with E-state index >= 15 is 0 Å². The molecular formula is C24H35IN4O. The van der Waals surface area contributed by atoms with Gasteiger partial charge in [0.05, 0.1) is 6.10 Å². The van der Waals surface area contributed by atoms with Crippen LogP contribution in [0.4, 0.5) is 5.69 Å². The topological polar surface area (TPSA) is 48.9 Å². The largest absolute Gasteiger partial charge is 0.491 e. The van der Waals surface area contributed by atoms with Gasteiger partial charge >= 0.3 is 0 Å². The molecular weight excluding hydrogens is 487 g/mol. The Hall–Kier alpha value is -1.96. The molecule has 0 spiro atoms. The second-order valence-corrected chi connectivity index (χ2v) is 8.02. The number of rotatable bonds is 7. The van der Waals surface area contributed by atoms with Crippen molar-refractivity contribution in [1.82, 2.24) is 10.6 Å². The number of benzene rings is 2. The normalized spacial score (nSPS) is 16.4. The second kappa shape index (κ2) is 12.0. The number of halogens is 1. The van der Waals surface area contributed by atoms with Gasteiger partial charge in [0.15, 0.2) is 5.96 Å². The lowest BCUT2D eigenvalue weighted by molar-refractivity contribution is 0.239. The van der Waals surface area contributed by atoms with Gasteiger partial charge in [-0.1, -0.05) is 30.3 Å². The van der Waals surface area contributed by atoms with E-state index in [-0.39, 0.29) is 30.1 Å². The molecule has 5 nitrogen and oxygen atoms in total. The molecule has 1 fully saturated rings. The molecule has 3 rings (SSSR count). The van der Waals surface area contributed by atoms with Crippen LogP contribution >= 0.6 is 24.0 Å². The molecule has 1 aliphatic rings. The molecule has 0 bridgehead atoms. The SMILES string of the molecule is CN=C(NCc1ccc(C)cc1OC(C)C)NCC1CCN(c2ccccc2)C1.I. The Balaban J connectivity index is 0.00000320. The summed E-state index contributed by atoms with van der Waals surface area (Å²) in [5.74, 6) is 2.39. The predicted octanol–water partition coefficient (Wildman–Crippen LogP) is 4.59. The van der Waals surface area contributed by atoms with E-state index in [9.17, 15) is 0 Å². The van der Waals surface area contributed by atoms with Crippen LogP contribution in [0.2, 0.25) is 0 Å². The molecule has 0 radical (unpaired) electrons. The third-order valence-corrected chi connectivity index (χ3v) is 5.22. The number of hydrogen-bond acceptors (Lipinski definition) is 3. The molecule has 6 heteroatoms. The fourth-order valence-corrected chi connectivity index (χ4v) is 3.68. The van der Waals surface area contributed by atoms with Gasteiger partial charge in [-0.25, -0.2) is 0 Å². The molecule has 1 aliphatic heterocycles. The summed E-state index contributed by atoms with van der Waals surface area (Å²) < 4.78 is 5.98. The van der Waals surface area contributed by atoms with E-state index in [1.807, 2.05) is 7.05 Å². The highest BCUT2D eigenvalue weighted by molar-refractivity contribution is 14.0. The average Bonchev–Trinajstić information content (AvgIpc) is 3.19. The van der Waals surface area contributed by atoms with E-state index in [4.69, 9.17) is 4.74 Å². The van der Waals surface area contributed by atoms with Crippen LogP contribution in [-0.4, -0.2) is 38.7 Å². The summed E-state index contributed by atoms with van der Waals surface area (Å²) in [5, 5.41) is 6.93. The van der Waals surface area contributed by atoms with Crippen molar-refractivity contribution in [3.8, 4) is 5.75 Å². The van der Waals surface area contributed by atoms with Crippen molar-refractivity contribution in [2.24, 2.45) is 10.9 Å². The molecule has 2 N–H and O–H groups in total. The summed E-state index contributed by atoms with van der Waals surface area (Å²) in [6, 6.07) is 17.0. The minimum Gasteiger partial charge on any atom is -0.491 e. The molecule has 1 unspecified atom stereocenters. The Labute approximate surface area is 198 Å². The third kappa shape index (κ3) is 7.07. The van der Waals surface area contributed by atoms with Gasteiger partial charge in [-0.15, -0.1) is 24.0 Å².